The first-order chi connectivity index (χ1) is 11.4. The van der Waals surface area contributed by atoms with Crippen LogP contribution in [0.4, 0.5) is 5.69 Å². The normalized spacial score (nSPS) is 12.3. The zero-order chi connectivity index (χ0) is 17.7. The fourth-order valence-corrected chi connectivity index (χ4v) is 2.22. The predicted octanol–water partition coefficient (Wildman–Crippen LogP) is 2.89. The van der Waals surface area contributed by atoms with Crippen LogP contribution in [0.2, 0.25) is 5.02 Å². The Balaban J connectivity index is 2.38. The molecule has 0 aliphatic rings. The molecular formula is C17H21ClN6. The van der Waals surface area contributed by atoms with E-state index >= 15 is 0 Å². The molecule has 0 amide bonds. The first-order valence-electron chi connectivity index (χ1n) is 7.39. The molecule has 6 nitrogen and oxygen atoms in total. The van der Waals surface area contributed by atoms with Gasteiger partial charge < -0.3 is 16.8 Å². The van der Waals surface area contributed by atoms with Crippen molar-refractivity contribution < 1.29 is 0 Å². The Labute approximate surface area is 146 Å². The highest BCUT2D eigenvalue weighted by molar-refractivity contribution is 6.30. The molecule has 0 saturated carbocycles. The maximum absolute atomic E-state index is 5.91. The van der Waals surface area contributed by atoms with E-state index in [1.165, 1.54) is 6.20 Å². The van der Waals surface area contributed by atoms with Gasteiger partial charge in [0.1, 0.15) is 5.84 Å². The summed E-state index contributed by atoms with van der Waals surface area (Å²) >= 11 is 5.91. The minimum Gasteiger partial charge on any atom is -0.402 e. The van der Waals surface area contributed by atoms with Gasteiger partial charge in [0.05, 0.1) is 5.69 Å². The number of nitrogens with two attached hydrogens (primary N) is 2. The Hall–Kier alpha value is -2.57. The van der Waals surface area contributed by atoms with E-state index in [2.05, 4.69) is 22.0 Å². The summed E-state index contributed by atoms with van der Waals surface area (Å²) in [6.07, 6.45) is 1.40. The average molecular weight is 345 g/mol. The number of aryl methyl sites for hydroxylation is 2. The van der Waals surface area contributed by atoms with Gasteiger partial charge in [0.15, 0.2) is 5.82 Å². The van der Waals surface area contributed by atoms with Gasteiger partial charge in [-0.25, -0.2) is 9.67 Å². The molecule has 0 bridgehead atoms. The molecular weight excluding hydrogens is 324 g/mol. The molecule has 1 aromatic heterocycles. The Morgan fingerprint density at radius 2 is 2.04 bits per heavy atom. The molecule has 0 saturated heterocycles. The Morgan fingerprint density at radius 3 is 2.54 bits per heavy atom. The summed E-state index contributed by atoms with van der Waals surface area (Å²) in [5, 5.41) is 8.24. The van der Waals surface area contributed by atoms with E-state index < -0.39 is 0 Å². The number of halogens is 1. The van der Waals surface area contributed by atoms with Crippen molar-refractivity contribution in [2.75, 3.05) is 11.9 Å². The second-order valence-electron chi connectivity index (χ2n) is 5.26. The van der Waals surface area contributed by atoms with Crippen molar-refractivity contribution in [3.8, 4) is 0 Å². The lowest BCUT2D eigenvalue weighted by molar-refractivity contribution is 0.838. The summed E-state index contributed by atoms with van der Waals surface area (Å²) in [6, 6.07) is 9.21. The van der Waals surface area contributed by atoms with Crippen LogP contribution in [0.1, 0.15) is 11.4 Å². The number of aliphatic imine (C=N–C) groups is 1. The van der Waals surface area contributed by atoms with Gasteiger partial charge in [0, 0.05) is 34.7 Å². The molecule has 0 radical (unpaired) electrons. The molecule has 0 spiro atoms. The van der Waals surface area contributed by atoms with E-state index in [0.717, 1.165) is 17.1 Å². The lowest BCUT2D eigenvalue weighted by atomic mass is 10.2. The van der Waals surface area contributed by atoms with Gasteiger partial charge in [-0.15, -0.1) is 0 Å². The molecule has 2 rings (SSSR count). The topological polar surface area (TPSA) is 94.2 Å². The van der Waals surface area contributed by atoms with Crippen LogP contribution in [-0.4, -0.2) is 22.2 Å². The first kappa shape index (κ1) is 17.8. The van der Waals surface area contributed by atoms with Crippen LogP contribution in [-0.2, 0) is 0 Å². The van der Waals surface area contributed by atoms with Gasteiger partial charge in [-0.2, -0.15) is 5.10 Å². The number of aromatic nitrogens is 2. The van der Waals surface area contributed by atoms with E-state index in [9.17, 15) is 0 Å². The lowest BCUT2D eigenvalue weighted by Gasteiger charge is -2.13. The van der Waals surface area contributed by atoms with Crippen LogP contribution in [0.3, 0.4) is 0 Å². The number of hydrogen-bond donors (Lipinski definition) is 3. The zero-order valence-corrected chi connectivity index (χ0v) is 14.5. The van der Waals surface area contributed by atoms with Crippen molar-refractivity contribution in [1.29, 1.82) is 0 Å². The monoisotopic (exact) mass is 344 g/mol. The third-order valence-corrected chi connectivity index (χ3v) is 3.54. The lowest BCUT2D eigenvalue weighted by Crippen LogP contribution is -2.21. The van der Waals surface area contributed by atoms with Crippen LogP contribution in [0.15, 0.2) is 53.7 Å². The summed E-state index contributed by atoms with van der Waals surface area (Å²) in [6.45, 7) is 8.06. The number of anilines is 1. The molecule has 7 heteroatoms. The van der Waals surface area contributed by atoms with E-state index in [0.29, 0.717) is 22.3 Å². The van der Waals surface area contributed by atoms with Crippen molar-refractivity contribution in [1.82, 2.24) is 9.78 Å². The smallest absolute Gasteiger partial charge is 0.171 e. The summed E-state index contributed by atoms with van der Waals surface area (Å²) in [4.78, 5) is 4.56. The highest BCUT2D eigenvalue weighted by Crippen LogP contribution is 2.16. The molecule has 2 aromatic rings. The SMILES string of the molecule is C=C(CN)/C(=N\C(=C/N)n1nc(C)cc1C)Nc1ccc(Cl)cc1. The second-order valence-corrected chi connectivity index (χ2v) is 5.70. The van der Waals surface area contributed by atoms with Gasteiger partial charge >= 0.3 is 0 Å². The fraction of sp³-hybridized carbons (Fsp3) is 0.176. The maximum Gasteiger partial charge on any atom is 0.171 e. The van der Waals surface area contributed by atoms with Gasteiger partial charge in [-0.05, 0) is 44.2 Å². The van der Waals surface area contributed by atoms with Crippen LogP contribution >= 0.6 is 11.6 Å². The van der Waals surface area contributed by atoms with Crippen molar-refractivity contribution in [3.05, 3.63) is 65.1 Å². The Bertz CT molecular complexity index is 786. The highest BCUT2D eigenvalue weighted by Gasteiger charge is 2.10. The Kier molecular flexibility index (Phi) is 5.78. The van der Waals surface area contributed by atoms with Crippen molar-refractivity contribution in [2.24, 2.45) is 16.5 Å². The second kappa shape index (κ2) is 7.81. The summed E-state index contributed by atoms with van der Waals surface area (Å²) in [5.74, 6) is 0.996. The molecule has 24 heavy (non-hydrogen) atoms. The Morgan fingerprint density at radius 1 is 1.38 bits per heavy atom. The highest BCUT2D eigenvalue weighted by atomic mass is 35.5. The molecule has 0 atom stereocenters. The molecule has 0 unspecified atom stereocenters. The molecule has 5 N–H and O–H groups in total. The summed E-state index contributed by atoms with van der Waals surface area (Å²) in [7, 11) is 0. The van der Waals surface area contributed by atoms with Crippen molar-refractivity contribution in [2.45, 2.75) is 13.8 Å². The quantitative estimate of drug-likeness (QED) is 0.574. The largest absolute Gasteiger partial charge is 0.402 e. The van der Waals surface area contributed by atoms with Crippen LogP contribution in [0, 0.1) is 13.8 Å². The third-order valence-electron chi connectivity index (χ3n) is 3.29. The number of hydrogen-bond acceptors (Lipinski definition) is 4. The maximum atomic E-state index is 5.91. The number of nitrogens with zero attached hydrogens (tertiary/aromatic N) is 3. The molecule has 0 fully saturated rings. The van der Waals surface area contributed by atoms with Gasteiger partial charge in [0.25, 0.3) is 0 Å². The van der Waals surface area contributed by atoms with E-state index in [1.807, 2.05) is 32.0 Å². The fourth-order valence-electron chi connectivity index (χ4n) is 2.09. The number of rotatable bonds is 5. The average Bonchev–Trinajstić information content (AvgIpc) is 2.90. The number of amidine groups is 1. The minimum absolute atomic E-state index is 0.258. The standard InChI is InChI=1S/C17H21ClN6/c1-11(9-19)17(21-15-6-4-14(18)5-7-15)22-16(10-20)24-13(3)8-12(2)23-24/h4-8,10H,1,9,19-20H2,2-3H3,(H,21,22)/b16-10+. The van der Waals surface area contributed by atoms with E-state index in [-0.39, 0.29) is 6.54 Å². The summed E-state index contributed by atoms with van der Waals surface area (Å²) < 4.78 is 1.67. The predicted molar refractivity (Wildman–Crippen MR) is 101 cm³/mol. The molecule has 1 aromatic carbocycles. The molecule has 1 heterocycles. The van der Waals surface area contributed by atoms with Gasteiger partial charge in [-0.3, -0.25) is 0 Å². The van der Waals surface area contributed by atoms with E-state index in [1.54, 1.807) is 16.8 Å². The van der Waals surface area contributed by atoms with Crippen LogP contribution in [0.25, 0.3) is 5.82 Å². The number of nitrogens with one attached hydrogen (secondary N) is 1. The van der Waals surface area contributed by atoms with E-state index in [4.69, 9.17) is 23.1 Å². The molecule has 0 aliphatic carbocycles. The number of benzene rings is 1. The van der Waals surface area contributed by atoms with Crippen LogP contribution in [0.5, 0.6) is 0 Å². The third kappa shape index (κ3) is 4.24. The molecule has 126 valence electrons. The van der Waals surface area contributed by atoms with Crippen LogP contribution < -0.4 is 16.8 Å². The van der Waals surface area contributed by atoms with Gasteiger partial charge in [-0.1, -0.05) is 18.2 Å². The van der Waals surface area contributed by atoms with Crippen molar-refractivity contribution in [3.63, 3.8) is 0 Å². The van der Waals surface area contributed by atoms with Crippen molar-refractivity contribution >= 4 is 28.9 Å². The van der Waals surface area contributed by atoms with Gasteiger partial charge in [0.2, 0.25) is 0 Å². The molecule has 0 aliphatic heterocycles. The minimum atomic E-state index is 0.258. The summed E-state index contributed by atoms with van der Waals surface area (Å²) in [5.41, 5.74) is 14.7. The zero-order valence-electron chi connectivity index (χ0n) is 13.8. The first-order valence-corrected chi connectivity index (χ1v) is 7.77.